The second kappa shape index (κ2) is 9.00. The summed E-state index contributed by atoms with van der Waals surface area (Å²) in [5, 5.41) is 5.52. The topological polar surface area (TPSA) is 177 Å². The maximum atomic E-state index is 11.3. The van der Waals surface area contributed by atoms with Crippen molar-refractivity contribution >= 4 is 34.8 Å². The zero-order valence-corrected chi connectivity index (χ0v) is 18.0. The van der Waals surface area contributed by atoms with Gasteiger partial charge in [0, 0.05) is 31.1 Å². The molecule has 1 aromatic heterocycles. The van der Waals surface area contributed by atoms with Crippen LogP contribution in [0.25, 0.3) is 10.9 Å². The summed E-state index contributed by atoms with van der Waals surface area (Å²) < 4.78 is 45.5. The maximum Gasteiger partial charge on any atom is 0.524 e. The number of methoxy groups -OCH3 is 1. The van der Waals surface area contributed by atoms with Gasteiger partial charge in [0.1, 0.15) is 12.1 Å². The van der Waals surface area contributed by atoms with Crippen molar-refractivity contribution < 1.29 is 32.0 Å². The molecule has 0 aliphatic carbocycles. The number of phosphoric ester groups is 1. The smallest absolute Gasteiger partial charge is 0.493 e. The van der Waals surface area contributed by atoms with Crippen LogP contribution in [0.2, 0.25) is 0 Å². The molecule has 1 fully saturated rings. The molecule has 14 heteroatoms. The lowest BCUT2D eigenvalue weighted by molar-refractivity contribution is 0.276. The average molecular weight is 461 g/mol. The second-order valence-corrected chi connectivity index (χ2v) is 9.50. The predicted molar refractivity (Wildman–Crippen MR) is 109 cm³/mol. The Bertz CT molecular complexity index is 1050. The normalized spacial score (nSPS) is 16.1. The van der Waals surface area contributed by atoms with Crippen molar-refractivity contribution in [1.82, 2.24) is 14.7 Å². The molecule has 1 aromatic carbocycles. The van der Waals surface area contributed by atoms with E-state index in [1.807, 2.05) is 0 Å². The van der Waals surface area contributed by atoms with Gasteiger partial charge in [0.25, 0.3) is 10.2 Å². The van der Waals surface area contributed by atoms with Crippen LogP contribution < -0.4 is 24.0 Å². The van der Waals surface area contributed by atoms with E-state index in [0.29, 0.717) is 48.7 Å². The van der Waals surface area contributed by atoms with Gasteiger partial charge in [-0.25, -0.2) is 24.4 Å². The highest BCUT2D eigenvalue weighted by Crippen LogP contribution is 2.44. The standard InChI is InChI=1S/C16H24N5O7PS/c1-27-14-9-13-12(8-15(14)28-29(22,23)24)16(19-10-18-13)21-6-3-11(4-7-21)2-5-20-30(17,25)26/h8-11,20H,2-7H2,1H3,(H2,17,25,26)(H2,22,23,24). The Kier molecular flexibility index (Phi) is 6.80. The molecule has 12 nitrogen and oxygen atoms in total. The number of nitrogens with one attached hydrogen (secondary N) is 1. The molecule has 166 valence electrons. The Morgan fingerprint density at radius 2 is 1.97 bits per heavy atom. The van der Waals surface area contributed by atoms with Crippen LogP contribution in [-0.4, -0.2) is 54.9 Å². The molecule has 0 radical (unpaired) electrons. The van der Waals surface area contributed by atoms with Gasteiger partial charge in [0.15, 0.2) is 11.5 Å². The van der Waals surface area contributed by atoms with Gasteiger partial charge in [-0.3, -0.25) is 9.79 Å². The fraction of sp³-hybridized carbons (Fsp3) is 0.500. The molecule has 3 rings (SSSR count). The number of nitrogens with two attached hydrogens (primary N) is 1. The number of phosphoric acid groups is 1. The highest BCUT2D eigenvalue weighted by Gasteiger charge is 2.24. The van der Waals surface area contributed by atoms with E-state index in [-0.39, 0.29) is 11.5 Å². The third-order valence-corrected chi connectivity index (χ3v) is 5.93. The first-order valence-corrected chi connectivity index (χ1v) is 12.2. The summed E-state index contributed by atoms with van der Waals surface area (Å²) in [5.74, 6) is 1.02. The van der Waals surface area contributed by atoms with Crippen molar-refractivity contribution in [3.05, 3.63) is 18.5 Å². The Morgan fingerprint density at radius 3 is 2.57 bits per heavy atom. The molecule has 0 atom stereocenters. The Hall–Kier alpha value is -2.02. The van der Waals surface area contributed by atoms with Gasteiger partial charge in [-0.05, 0) is 31.2 Å². The lowest BCUT2D eigenvalue weighted by Gasteiger charge is -2.33. The third kappa shape index (κ3) is 6.00. The molecule has 0 unspecified atom stereocenters. The summed E-state index contributed by atoms with van der Waals surface area (Å²) >= 11 is 0. The quantitative estimate of drug-likeness (QED) is 0.405. The summed E-state index contributed by atoms with van der Waals surface area (Å²) in [4.78, 5) is 29.0. The van der Waals surface area contributed by atoms with Crippen molar-refractivity contribution in [1.29, 1.82) is 0 Å². The largest absolute Gasteiger partial charge is 0.524 e. The van der Waals surface area contributed by atoms with E-state index in [1.54, 1.807) is 0 Å². The monoisotopic (exact) mass is 461 g/mol. The number of anilines is 1. The molecule has 1 aliphatic rings. The van der Waals surface area contributed by atoms with Crippen LogP contribution in [0.15, 0.2) is 18.5 Å². The second-order valence-electron chi connectivity index (χ2n) is 6.96. The maximum absolute atomic E-state index is 11.3. The molecule has 2 aromatic rings. The fourth-order valence-corrected chi connectivity index (χ4v) is 4.30. The van der Waals surface area contributed by atoms with Crippen LogP contribution in [-0.2, 0) is 14.8 Å². The minimum absolute atomic E-state index is 0.0988. The first-order valence-electron chi connectivity index (χ1n) is 9.16. The zero-order valence-electron chi connectivity index (χ0n) is 16.3. The number of piperidine rings is 1. The molecule has 5 N–H and O–H groups in total. The highest BCUT2D eigenvalue weighted by molar-refractivity contribution is 7.87. The number of fused-ring (bicyclic) bond motifs is 1. The SMILES string of the molecule is COc1cc2ncnc(N3CCC(CCNS(N)(=O)=O)CC3)c2cc1OP(=O)(O)O. The van der Waals surface area contributed by atoms with Gasteiger partial charge < -0.3 is 14.2 Å². The van der Waals surface area contributed by atoms with E-state index < -0.39 is 18.0 Å². The van der Waals surface area contributed by atoms with Crippen LogP contribution in [0.1, 0.15) is 19.3 Å². The predicted octanol–water partition coefficient (Wildman–Crippen LogP) is 0.510. The molecule has 30 heavy (non-hydrogen) atoms. The van der Waals surface area contributed by atoms with Crippen LogP contribution in [0.5, 0.6) is 11.5 Å². The number of hydrogen-bond donors (Lipinski definition) is 4. The molecule has 0 spiro atoms. The zero-order chi connectivity index (χ0) is 21.9. The minimum atomic E-state index is -4.78. The fourth-order valence-electron chi connectivity index (χ4n) is 3.50. The van der Waals surface area contributed by atoms with Gasteiger partial charge in [0.05, 0.1) is 12.6 Å². The number of rotatable bonds is 8. The van der Waals surface area contributed by atoms with Crippen LogP contribution >= 0.6 is 7.82 Å². The number of benzene rings is 1. The van der Waals surface area contributed by atoms with Gasteiger partial charge in [0.2, 0.25) is 0 Å². The van der Waals surface area contributed by atoms with Crippen molar-refractivity contribution in [3.63, 3.8) is 0 Å². The van der Waals surface area contributed by atoms with Gasteiger partial charge >= 0.3 is 7.82 Å². The van der Waals surface area contributed by atoms with Crippen molar-refractivity contribution in [3.8, 4) is 11.5 Å². The lowest BCUT2D eigenvalue weighted by atomic mass is 9.93. The number of ether oxygens (including phenoxy) is 1. The Labute approximate surface area is 173 Å². The minimum Gasteiger partial charge on any atom is -0.493 e. The summed E-state index contributed by atoms with van der Waals surface area (Å²) in [6.07, 6.45) is 3.77. The van der Waals surface area contributed by atoms with E-state index in [9.17, 15) is 22.8 Å². The van der Waals surface area contributed by atoms with Crippen molar-refractivity contribution in [2.24, 2.45) is 11.1 Å². The van der Waals surface area contributed by atoms with E-state index in [0.717, 1.165) is 12.8 Å². The Morgan fingerprint density at radius 1 is 1.27 bits per heavy atom. The number of hydrogen-bond acceptors (Lipinski definition) is 8. The van der Waals surface area contributed by atoms with Gasteiger partial charge in [-0.2, -0.15) is 8.42 Å². The van der Waals surface area contributed by atoms with Crippen LogP contribution in [0.3, 0.4) is 0 Å². The molecule has 0 amide bonds. The molecule has 1 saturated heterocycles. The first kappa shape index (κ1) is 22.7. The molecule has 1 aliphatic heterocycles. The molecule has 0 saturated carbocycles. The number of nitrogens with zero attached hydrogens (tertiary/aromatic N) is 3. The highest BCUT2D eigenvalue weighted by atomic mass is 32.2. The van der Waals surface area contributed by atoms with E-state index in [2.05, 4.69) is 19.6 Å². The van der Waals surface area contributed by atoms with E-state index in [1.165, 1.54) is 25.6 Å². The third-order valence-electron chi connectivity index (χ3n) is 4.89. The average Bonchev–Trinajstić information content (AvgIpc) is 2.65. The molecule has 2 heterocycles. The summed E-state index contributed by atoms with van der Waals surface area (Å²) in [5.41, 5.74) is 0.550. The van der Waals surface area contributed by atoms with Gasteiger partial charge in [-0.1, -0.05) is 0 Å². The summed E-state index contributed by atoms with van der Waals surface area (Å²) in [6, 6.07) is 3.00. The first-order chi connectivity index (χ1) is 14.1. The lowest BCUT2D eigenvalue weighted by Crippen LogP contribution is -2.37. The van der Waals surface area contributed by atoms with Gasteiger partial charge in [-0.15, -0.1) is 0 Å². The van der Waals surface area contributed by atoms with Crippen LogP contribution in [0.4, 0.5) is 5.82 Å². The summed E-state index contributed by atoms with van der Waals surface area (Å²) in [7, 11) is -7.09. The van der Waals surface area contributed by atoms with Crippen molar-refractivity contribution in [2.45, 2.75) is 19.3 Å². The molecular weight excluding hydrogens is 437 g/mol. The van der Waals surface area contributed by atoms with Crippen molar-refractivity contribution in [2.75, 3.05) is 31.6 Å². The van der Waals surface area contributed by atoms with E-state index in [4.69, 9.17) is 14.4 Å². The van der Waals surface area contributed by atoms with E-state index >= 15 is 0 Å². The summed E-state index contributed by atoms with van der Waals surface area (Å²) in [6.45, 7) is 1.67. The van der Waals surface area contributed by atoms with Crippen LogP contribution in [0, 0.1) is 5.92 Å². The number of aromatic nitrogens is 2. The molecule has 0 bridgehead atoms. The Balaban J connectivity index is 1.78. The molecular formula is C16H24N5O7PS.